The van der Waals surface area contributed by atoms with Crippen molar-refractivity contribution in [2.75, 3.05) is 4.90 Å². The highest BCUT2D eigenvalue weighted by atomic mass is 32.1. The average molecular weight is 782 g/mol. The van der Waals surface area contributed by atoms with E-state index in [2.05, 4.69) is 241 Å². The predicted octanol–water partition coefficient (Wildman–Crippen LogP) is 17.0. The molecule has 10 aromatic carbocycles. The molecule has 11 aromatic rings. The molecule has 1 nitrogen and oxygen atoms in total. The van der Waals surface area contributed by atoms with Crippen molar-refractivity contribution in [3.05, 3.63) is 237 Å². The van der Waals surface area contributed by atoms with Crippen molar-refractivity contribution in [1.82, 2.24) is 0 Å². The van der Waals surface area contributed by atoms with E-state index >= 15 is 0 Å². The van der Waals surface area contributed by atoms with E-state index in [0.29, 0.717) is 0 Å². The summed E-state index contributed by atoms with van der Waals surface area (Å²) in [6.45, 7) is 0. The van der Waals surface area contributed by atoms with Gasteiger partial charge in [0.15, 0.2) is 0 Å². The maximum absolute atomic E-state index is 2.38. The van der Waals surface area contributed by atoms with Crippen LogP contribution >= 0.6 is 11.3 Å². The highest BCUT2D eigenvalue weighted by Gasteiger charge is 2.26. The number of rotatable bonds is 8. The smallest absolute Gasteiger partial charge is 0.0468 e. The van der Waals surface area contributed by atoms with Gasteiger partial charge in [0.25, 0.3) is 0 Å². The van der Waals surface area contributed by atoms with Gasteiger partial charge in [0.05, 0.1) is 0 Å². The molecule has 0 N–H and O–H groups in total. The zero-order chi connectivity index (χ0) is 39.8. The molecule has 1 heterocycles. The van der Waals surface area contributed by atoms with Gasteiger partial charge in [-0.05, 0) is 115 Å². The zero-order valence-electron chi connectivity index (χ0n) is 32.9. The van der Waals surface area contributed by atoms with Crippen LogP contribution in [0.1, 0.15) is 0 Å². The molecule has 282 valence electrons. The first-order valence-corrected chi connectivity index (χ1v) is 21.3. The second kappa shape index (κ2) is 15.3. The first-order valence-electron chi connectivity index (χ1n) is 20.5. The summed E-state index contributed by atoms with van der Waals surface area (Å²) in [5, 5.41) is 5.05. The Labute approximate surface area is 354 Å². The average Bonchev–Trinajstić information content (AvgIpc) is 3.70. The van der Waals surface area contributed by atoms with E-state index in [1.165, 1.54) is 86.6 Å². The Morgan fingerprint density at radius 1 is 0.267 bits per heavy atom. The molecule has 0 saturated carbocycles. The van der Waals surface area contributed by atoms with Crippen molar-refractivity contribution in [1.29, 1.82) is 0 Å². The highest BCUT2D eigenvalue weighted by Crippen LogP contribution is 2.53. The van der Waals surface area contributed by atoms with Crippen LogP contribution in [0.2, 0.25) is 0 Å². The molecule has 2 heteroatoms. The molecule has 0 amide bonds. The number of nitrogens with zero attached hydrogens (tertiary/aromatic N) is 1. The third-order valence-electron chi connectivity index (χ3n) is 11.7. The Balaban J connectivity index is 1.17. The number of para-hydroxylation sites is 1. The van der Waals surface area contributed by atoms with Crippen LogP contribution in [-0.2, 0) is 0 Å². The molecule has 11 rings (SSSR count). The first kappa shape index (κ1) is 35.6. The molecular formula is C58H39NS. The quantitative estimate of drug-likeness (QED) is 0.148. The van der Waals surface area contributed by atoms with Crippen LogP contribution in [0.5, 0.6) is 0 Å². The summed E-state index contributed by atoms with van der Waals surface area (Å²) < 4.78 is 2.61. The normalized spacial score (nSPS) is 11.3. The van der Waals surface area contributed by atoms with Crippen molar-refractivity contribution in [2.45, 2.75) is 0 Å². The van der Waals surface area contributed by atoms with Gasteiger partial charge in [-0.2, -0.15) is 0 Å². The number of hydrogen-bond acceptors (Lipinski definition) is 2. The second-order valence-corrected chi connectivity index (χ2v) is 16.3. The number of hydrogen-bond donors (Lipinski definition) is 0. The molecule has 0 atom stereocenters. The molecule has 0 aliphatic carbocycles. The Kier molecular flexibility index (Phi) is 9.11. The Morgan fingerprint density at radius 3 is 1.33 bits per heavy atom. The Hall–Kier alpha value is -7.52. The van der Waals surface area contributed by atoms with Crippen LogP contribution in [0.25, 0.3) is 86.6 Å². The topological polar surface area (TPSA) is 3.24 Å². The highest BCUT2D eigenvalue weighted by molar-refractivity contribution is 7.25. The van der Waals surface area contributed by atoms with Crippen molar-refractivity contribution >= 4 is 59.3 Å². The summed E-state index contributed by atoms with van der Waals surface area (Å²) in [6.07, 6.45) is 0. The number of fused-ring (bicyclic) bond motifs is 4. The van der Waals surface area contributed by atoms with Gasteiger partial charge in [-0.25, -0.2) is 0 Å². The second-order valence-electron chi connectivity index (χ2n) is 15.2. The fourth-order valence-electron chi connectivity index (χ4n) is 9.03. The van der Waals surface area contributed by atoms with Gasteiger partial charge in [0, 0.05) is 37.2 Å². The fraction of sp³-hybridized carbons (Fsp3) is 0. The van der Waals surface area contributed by atoms with Crippen molar-refractivity contribution in [3.8, 4) is 55.6 Å². The van der Waals surface area contributed by atoms with Crippen molar-refractivity contribution in [2.24, 2.45) is 0 Å². The summed E-state index contributed by atoms with van der Waals surface area (Å²) >= 11 is 1.85. The van der Waals surface area contributed by atoms with Gasteiger partial charge >= 0.3 is 0 Å². The van der Waals surface area contributed by atoms with E-state index < -0.39 is 0 Å². The standard InChI is InChI=1S/C58H39NS/c1-6-19-41(20-7-1)54-50-31-18-30-48(58(50)57(44-25-12-4-13-26-44)56(43-23-10-3-11-24-43)55(54)42-21-8-2-9-22-42)40-33-35-46(36-34-40)59(45-27-14-5-15-28-45)47-37-38-53-51(39-47)49-29-16-17-32-52(49)60-53/h1-39H. The van der Waals surface area contributed by atoms with Gasteiger partial charge in [-0.3, -0.25) is 0 Å². The maximum atomic E-state index is 2.38. The SMILES string of the molecule is c1ccc(-c2c(-c3ccccc3)c(-c3ccccc3)c3c(-c4ccc(N(c5ccccc5)c5ccc6sc7ccccc7c6c5)cc4)cccc3c2-c2ccccc2)cc1. The summed E-state index contributed by atoms with van der Waals surface area (Å²) in [4.78, 5) is 2.38. The number of anilines is 3. The van der Waals surface area contributed by atoms with Crippen molar-refractivity contribution in [3.63, 3.8) is 0 Å². The summed E-state index contributed by atoms with van der Waals surface area (Å²) in [7, 11) is 0. The Bertz CT molecular complexity index is 3270. The molecule has 0 fully saturated rings. The van der Waals surface area contributed by atoms with Crippen LogP contribution in [0.4, 0.5) is 17.1 Å². The molecular weight excluding hydrogens is 743 g/mol. The molecule has 0 spiro atoms. The molecule has 0 unspecified atom stereocenters. The van der Waals surface area contributed by atoms with E-state index in [1.807, 2.05) is 11.3 Å². The van der Waals surface area contributed by atoms with Crippen molar-refractivity contribution < 1.29 is 0 Å². The van der Waals surface area contributed by atoms with Crippen LogP contribution in [0.3, 0.4) is 0 Å². The monoisotopic (exact) mass is 781 g/mol. The van der Waals surface area contributed by atoms with E-state index in [4.69, 9.17) is 0 Å². The van der Waals surface area contributed by atoms with Gasteiger partial charge in [0.2, 0.25) is 0 Å². The van der Waals surface area contributed by atoms with Crippen LogP contribution in [0, 0.1) is 0 Å². The lowest BCUT2D eigenvalue weighted by Gasteiger charge is -2.27. The fourth-order valence-corrected chi connectivity index (χ4v) is 10.1. The summed E-state index contributed by atoms with van der Waals surface area (Å²) in [6, 6.07) is 86.2. The predicted molar refractivity (Wildman–Crippen MR) is 259 cm³/mol. The van der Waals surface area contributed by atoms with Crippen LogP contribution in [0.15, 0.2) is 237 Å². The number of thiophene rings is 1. The van der Waals surface area contributed by atoms with E-state index in [1.54, 1.807) is 0 Å². The van der Waals surface area contributed by atoms with E-state index in [9.17, 15) is 0 Å². The van der Waals surface area contributed by atoms with Gasteiger partial charge in [-0.15, -0.1) is 11.3 Å². The first-order chi connectivity index (χ1) is 29.8. The zero-order valence-corrected chi connectivity index (χ0v) is 33.7. The lowest BCUT2D eigenvalue weighted by atomic mass is 9.77. The van der Waals surface area contributed by atoms with Crippen LogP contribution in [-0.4, -0.2) is 0 Å². The third-order valence-corrected chi connectivity index (χ3v) is 12.8. The molecule has 1 aromatic heterocycles. The lowest BCUT2D eigenvalue weighted by molar-refractivity contribution is 1.29. The van der Waals surface area contributed by atoms with Crippen LogP contribution < -0.4 is 4.90 Å². The molecule has 0 bridgehead atoms. The molecule has 0 aliphatic heterocycles. The third kappa shape index (κ3) is 6.26. The maximum Gasteiger partial charge on any atom is 0.0468 e. The van der Waals surface area contributed by atoms with E-state index in [0.717, 1.165) is 17.1 Å². The van der Waals surface area contributed by atoms with Gasteiger partial charge in [0.1, 0.15) is 0 Å². The summed E-state index contributed by atoms with van der Waals surface area (Å²) in [5.74, 6) is 0. The van der Waals surface area contributed by atoms with Gasteiger partial charge < -0.3 is 4.90 Å². The largest absolute Gasteiger partial charge is 0.310 e. The van der Waals surface area contributed by atoms with E-state index in [-0.39, 0.29) is 0 Å². The minimum atomic E-state index is 1.11. The molecule has 0 saturated heterocycles. The molecule has 0 radical (unpaired) electrons. The minimum Gasteiger partial charge on any atom is -0.310 e. The minimum absolute atomic E-state index is 1.11. The molecule has 60 heavy (non-hydrogen) atoms. The lowest BCUT2D eigenvalue weighted by Crippen LogP contribution is -2.09. The summed E-state index contributed by atoms with van der Waals surface area (Å²) in [5.41, 5.74) is 15.4. The number of benzene rings is 10. The van der Waals surface area contributed by atoms with Gasteiger partial charge in [-0.1, -0.05) is 188 Å². The Morgan fingerprint density at radius 2 is 0.717 bits per heavy atom. The molecule has 0 aliphatic rings.